The summed E-state index contributed by atoms with van der Waals surface area (Å²) in [7, 11) is 2.20. The minimum Gasteiger partial charge on any atom is -0.490 e. The lowest BCUT2D eigenvalue weighted by atomic mass is 9.89. The molecule has 3 amide bonds. The van der Waals surface area contributed by atoms with Gasteiger partial charge in [0.25, 0.3) is 5.91 Å². The van der Waals surface area contributed by atoms with Gasteiger partial charge in [-0.15, -0.1) is 0 Å². The Morgan fingerprint density at radius 2 is 1.69 bits per heavy atom. The molecular formula is C36H60N4O5. The lowest BCUT2D eigenvalue weighted by molar-refractivity contribution is -0.0190. The molecule has 254 valence electrons. The monoisotopic (exact) mass is 628 g/mol. The first-order chi connectivity index (χ1) is 21.7. The Balaban J connectivity index is 1.54. The van der Waals surface area contributed by atoms with E-state index in [0.717, 1.165) is 64.0 Å². The molecule has 1 aromatic carbocycles. The zero-order chi connectivity index (χ0) is 32.2. The molecule has 0 radical (unpaired) electrons. The van der Waals surface area contributed by atoms with Crippen molar-refractivity contribution in [2.75, 3.05) is 45.2 Å². The third kappa shape index (κ3) is 11.1. The lowest BCUT2D eigenvalue weighted by Gasteiger charge is -2.36. The fraction of sp³-hybridized carbons (Fsp3) is 0.778. The maximum Gasteiger partial charge on any atom is 0.319 e. The molecule has 1 heterocycles. The highest BCUT2D eigenvalue weighted by molar-refractivity contribution is 5.99. The van der Waals surface area contributed by atoms with Crippen molar-refractivity contribution in [2.24, 2.45) is 11.8 Å². The van der Waals surface area contributed by atoms with Gasteiger partial charge >= 0.3 is 6.03 Å². The van der Waals surface area contributed by atoms with Crippen LogP contribution < -0.4 is 15.4 Å². The Labute approximate surface area is 271 Å². The topological polar surface area (TPSA) is 103 Å². The highest BCUT2D eigenvalue weighted by atomic mass is 16.5. The van der Waals surface area contributed by atoms with Crippen LogP contribution in [0.3, 0.4) is 0 Å². The Morgan fingerprint density at radius 3 is 2.40 bits per heavy atom. The van der Waals surface area contributed by atoms with Gasteiger partial charge in [-0.1, -0.05) is 45.4 Å². The number of carbonyl (C=O) groups excluding carboxylic acids is 2. The Morgan fingerprint density at radius 1 is 1.00 bits per heavy atom. The van der Waals surface area contributed by atoms with E-state index in [1.165, 1.54) is 38.5 Å². The summed E-state index contributed by atoms with van der Waals surface area (Å²) < 4.78 is 12.9. The van der Waals surface area contributed by atoms with Gasteiger partial charge in [0.2, 0.25) is 0 Å². The number of ether oxygens (including phenoxy) is 2. The van der Waals surface area contributed by atoms with Crippen molar-refractivity contribution in [1.29, 1.82) is 0 Å². The SMILES string of the molecule is C[C@@H]1CN([C@@H](C)CO)C(=O)c2cc(NC(=O)NC3CCCCC3)ccc2O[C@@H](C)CCCCO[C@H]1CN(C)CC1CCCCC1. The van der Waals surface area contributed by atoms with E-state index >= 15 is 0 Å². The smallest absolute Gasteiger partial charge is 0.319 e. The summed E-state index contributed by atoms with van der Waals surface area (Å²) in [5.41, 5.74) is 0.941. The zero-order valence-corrected chi connectivity index (χ0v) is 28.4. The first kappa shape index (κ1) is 35.5. The number of benzene rings is 1. The molecule has 4 atom stereocenters. The molecule has 3 N–H and O–H groups in total. The van der Waals surface area contributed by atoms with E-state index in [1.807, 2.05) is 13.8 Å². The van der Waals surface area contributed by atoms with Crippen molar-refractivity contribution in [3.05, 3.63) is 23.8 Å². The van der Waals surface area contributed by atoms with Crippen LogP contribution in [-0.4, -0.2) is 91.0 Å². The zero-order valence-electron chi connectivity index (χ0n) is 28.4. The van der Waals surface area contributed by atoms with E-state index in [1.54, 1.807) is 23.1 Å². The molecule has 0 bridgehead atoms. The largest absolute Gasteiger partial charge is 0.490 e. The number of rotatable bonds is 8. The molecule has 4 rings (SSSR count). The van der Waals surface area contributed by atoms with Gasteiger partial charge in [-0.3, -0.25) is 4.79 Å². The molecule has 2 saturated carbocycles. The van der Waals surface area contributed by atoms with Gasteiger partial charge in [-0.2, -0.15) is 0 Å². The summed E-state index contributed by atoms with van der Waals surface area (Å²) in [6.07, 6.45) is 14.7. The highest BCUT2D eigenvalue weighted by Crippen LogP contribution is 2.29. The second-order valence-corrected chi connectivity index (χ2v) is 14.2. The Kier molecular flexibility index (Phi) is 14.3. The van der Waals surface area contributed by atoms with Crippen molar-refractivity contribution in [3.63, 3.8) is 0 Å². The summed E-state index contributed by atoms with van der Waals surface area (Å²) in [4.78, 5) is 31.4. The molecular weight excluding hydrogens is 568 g/mol. The van der Waals surface area contributed by atoms with Crippen molar-refractivity contribution in [2.45, 2.75) is 129 Å². The first-order valence-corrected chi connectivity index (χ1v) is 17.8. The van der Waals surface area contributed by atoms with Crippen LogP contribution in [0.25, 0.3) is 0 Å². The molecule has 9 nitrogen and oxygen atoms in total. The fourth-order valence-electron chi connectivity index (χ4n) is 7.25. The van der Waals surface area contributed by atoms with E-state index in [9.17, 15) is 14.7 Å². The van der Waals surface area contributed by atoms with Crippen LogP contribution in [0.2, 0.25) is 0 Å². The molecule has 0 unspecified atom stereocenters. The number of aliphatic hydroxyl groups is 1. The van der Waals surface area contributed by atoms with Crippen LogP contribution in [0, 0.1) is 11.8 Å². The van der Waals surface area contributed by atoms with Crippen LogP contribution >= 0.6 is 0 Å². The summed E-state index contributed by atoms with van der Waals surface area (Å²) in [5, 5.41) is 16.3. The molecule has 2 aliphatic carbocycles. The number of hydrogen-bond donors (Lipinski definition) is 3. The average molecular weight is 629 g/mol. The number of aliphatic hydroxyl groups excluding tert-OH is 1. The Bertz CT molecular complexity index is 1060. The summed E-state index contributed by atoms with van der Waals surface area (Å²) in [5.74, 6) is 1.08. The molecule has 0 spiro atoms. The fourth-order valence-corrected chi connectivity index (χ4v) is 7.25. The molecule has 1 aromatic rings. The van der Waals surface area contributed by atoms with E-state index in [4.69, 9.17) is 9.47 Å². The first-order valence-electron chi connectivity index (χ1n) is 17.8. The van der Waals surface area contributed by atoms with Crippen molar-refractivity contribution in [1.82, 2.24) is 15.1 Å². The van der Waals surface area contributed by atoms with Crippen LogP contribution in [0.15, 0.2) is 18.2 Å². The van der Waals surface area contributed by atoms with E-state index in [-0.39, 0.29) is 42.7 Å². The van der Waals surface area contributed by atoms with Gasteiger partial charge < -0.3 is 35.0 Å². The van der Waals surface area contributed by atoms with E-state index < -0.39 is 6.04 Å². The van der Waals surface area contributed by atoms with E-state index in [0.29, 0.717) is 30.2 Å². The predicted molar refractivity (Wildman–Crippen MR) is 180 cm³/mol. The second-order valence-electron chi connectivity index (χ2n) is 14.2. The van der Waals surface area contributed by atoms with Crippen molar-refractivity contribution >= 4 is 17.6 Å². The Hall–Kier alpha value is -2.36. The number of nitrogens with zero attached hydrogens (tertiary/aromatic N) is 2. The third-order valence-corrected chi connectivity index (χ3v) is 10.0. The molecule has 9 heteroatoms. The quantitative estimate of drug-likeness (QED) is 0.306. The molecule has 2 fully saturated rings. The van der Waals surface area contributed by atoms with Gasteiger partial charge in [-0.05, 0) is 90.0 Å². The number of likely N-dealkylation sites (N-methyl/N-ethyl adjacent to an activating group) is 1. The number of hydrogen-bond acceptors (Lipinski definition) is 6. The van der Waals surface area contributed by atoms with Crippen molar-refractivity contribution in [3.8, 4) is 5.75 Å². The van der Waals surface area contributed by atoms with Gasteiger partial charge in [0.1, 0.15) is 5.75 Å². The van der Waals surface area contributed by atoms with Crippen LogP contribution in [0.5, 0.6) is 5.75 Å². The standard InChI is InChI=1S/C36H60N4O5/c1-26-22-40(27(2)25-41)35(42)32-21-31(38-36(43)37-30-16-9-6-10-17-30)18-19-33(32)45-28(3)13-11-12-20-44-34(26)24-39(4)23-29-14-7-5-8-15-29/h18-19,21,26-30,34,41H,5-17,20,22-25H2,1-4H3,(H2,37,38,43)/t26-,27+,28+,34+/m1/s1. The van der Waals surface area contributed by atoms with Gasteiger partial charge in [0.05, 0.1) is 30.4 Å². The predicted octanol–water partition coefficient (Wildman–Crippen LogP) is 6.45. The lowest BCUT2D eigenvalue weighted by Crippen LogP contribution is -2.47. The normalized spacial score (nSPS) is 25.6. The van der Waals surface area contributed by atoms with Gasteiger partial charge in [0.15, 0.2) is 0 Å². The second kappa shape index (κ2) is 18.1. The van der Waals surface area contributed by atoms with Crippen LogP contribution in [-0.2, 0) is 4.74 Å². The summed E-state index contributed by atoms with van der Waals surface area (Å²) in [6.45, 7) is 8.92. The van der Waals surface area contributed by atoms with Gasteiger partial charge in [0, 0.05) is 43.9 Å². The number of anilines is 1. The van der Waals surface area contributed by atoms with Gasteiger partial charge in [-0.25, -0.2) is 4.79 Å². The number of carbonyl (C=O) groups is 2. The summed E-state index contributed by atoms with van der Waals surface area (Å²) in [6, 6.07) is 4.85. The van der Waals surface area contributed by atoms with Crippen LogP contribution in [0.4, 0.5) is 10.5 Å². The maximum atomic E-state index is 14.4. The number of nitrogens with one attached hydrogen (secondary N) is 2. The van der Waals surface area contributed by atoms with Crippen LogP contribution in [0.1, 0.15) is 115 Å². The van der Waals surface area contributed by atoms with Crippen molar-refractivity contribution < 1.29 is 24.2 Å². The minimum atomic E-state index is -0.398. The summed E-state index contributed by atoms with van der Waals surface area (Å²) >= 11 is 0. The molecule has 0 aromatic heterocycles. The number of urea groups is 1. The van der Waals surface area contributed by atoms with E-state index in [2.05, 4.69) is 29.5 Å². The minimum absolute atomic E-state index is 0.0349. The average Bonchev–Trinajstić information content (AvgIpc) is 3.03. The highest BCUT2D eigenvalue weighted by Gasteiger charge is 2.31. The number of amides is 3. The molecule has 0 saturated heterocycles. The third-order valence-electron chi connectivity index (χ3n) is 10.0. The molecule has 3 aliphatic rings. The molecule has 45 heavy (non-hydrogen) atoms. The molecule has 1 aliphatic heterocycles. The maximum absolute atomic E-state index is 14.4. The number of fused-ring (bicyclic) bond motifs is 1.